The van der Waals surface area contributed by atoms with Gasteiger partial charge in [0.1, 0.15) is 16.3 Å². The normalized spacial score (nSPS) is 15.7. The molecule has 6 nitrogen and oxygen atoms in total. The maximum absolute atomic E-state index is 13.8. The van der Waals surface area contributed by atoms with Crippen LogP contribution in [0.25, 0.3) is 0 Å². The number of amides is 1. The Morgan fingerprint density at radius 2 is 1.72 bits per heavy atom. The highest BCUT2D eigenvalue weighted by Gasteiger charge is 2.38. The summed E-state index contributed by atoms with van der Waals surface area (Å²) < 4.78 is 120. The number of hydrogen-bond acceptors (Lipinski definition) is 5. The van der Waals surface area contributed by atoms with Gasteiger partial charge < -0.3 is 9.64 Å². The van der Waals surface area contributed by atoms with Crippen molar-refractivity contribution in [1.82, 2.24) is 9.88 Å². The standard InChI is InChI=1S/C22H21F7N2O4S/c23-17-3-1-2-4-18(17)36(33,34)10-7-14-5-8-31(9-6-14)20(32)15-11-16(22(27,28)29)19(30-12-15)35-13-21(24,25)26/h1-4,11-12,14H,5-10,13H2. The van der Waals surface area contributed by atoms with Crippen molar-refractivity contribution in [2.75, 3.05) is 25.4 Å². The van der Waals surface area contributed by atoms with E-state index in [0.717, 1.165) is 12.3 Å². The molecule has 14 heteroatoms. The Morgan fingerprint density at radius 3 is 2.31 bits per heavy atom. The molecule has 2 aromatic rings. The molecule has 3 rings (SSSR count). The number of rotatable bonds is 7. The number of alkyl halides is 6. The Hall–Kier alpha value is -2.90. The lowest BCUT2D eigenvalue weighted by Crippen LogP contribution is -2.39. The summed E-state index contributed by atoms with van der Waals surface area (Å²) >= 11 is 0. The van der Waals surface area contributed by atoms with Crippen LogP contribution in [0.15, 0.2) is 41.4 Å². The first-order valence-electron chi connectivity index (χ1n) is 10.7. The minimum absolute atomic E-state index is 0.113. The van der Waals surface area contributed by atoms with Gasteiger partial charge in [-0.05, 0) is 43.4 Å². The van der Waals surface area contributed by atoms with E-state index in [-0.39, 0.29) is 31.2 Å². The van der Waals surface area contributed by atoms with Crippen molar-refractivity contribution >= 4 is 15.7 Å². The summed E-state index contributed by atoms with van der Waals surface area (Å²) in [7, 11) is -3.85. The predicted octanol–water partition coefficient (Wildman–Crippen LogP) is 4.90. The third-order valence-electron chi connectivity index (χ3n) is 5.64. The molecule has 1 aromatic heterocycles. The highest BCUT2D eigenvalue weighted by molar-refractivity contribution is 7.91. The Balaban J connectivity index is 1.62. The van der Waals surface area contributed by atoms with Gasteiger partial charge in [-0.15, -0.1) is 0 Å². The van der Waals surface area contributed by atoms with E-state index in [1.165, 1.54) is 23.1 Å². The maximum Gasteiger partial charge on any atom is 0.422 e. The number of benzene rings is 1. The molecule has 0 bridgehead atoms. The minimum Gasteiger partial charge on any atom is -0.468 e. The first kappa shape index (κ1) is 27.7. The minimum atomic E-state index is -5.11. The molecule has 1 saturated heterocycles. The summed E-state index contributed by atoms with van der Waals surface area (Å²) in [5.41, 5.74) is -2.08. The van der Waals surface area contributed by atoms with Crippen molar-refractivity contribution in [2.45, 2.75) is 36.5 Å². The van der Waals surface area contributed by atoms with Crippen LogP contribution in [0.2, 0.25) is 0 Å². The number of aromatic nitrogens is 1. The van der Waals surface area contributed by atoms with Gasteiger partial charge in [0.15, 0.2) is 16.4 Å². The van der Waals surface area contributed by atoms with Crippen LogP contribution in [0.3, 0.4) is 0 Å². The van der Waals surface area contributed by atoms with E-state index in [0.29, 0.717) is 18.9 Å². The van der Waals surface area contributed by atoms with Gasteiger partial charge in [-0.25, -0.2) is 17.8 Å². The van der Waals surface area contributed by atoms with Gasteiger partial charge in [0.25, 0.3) is 5.91 Å². The highest BCUT2D eigenvalue weighted by atomic mass is 32.2. The van der Waals surface area contributed by atoms with E-state index in [1.807, 2.05) is 0 Å². The van der Waals surface area contributed by atoms with E-state index in [4.69, 9.17) is 0 Å². The van der Waals surface area contributed by atoms with Gasteiger partial charge in [0.05, 0.1) is 11.3 Å². The van der Waals surface area contributed by atoms with Crippen LogP contribution in [0.1, 0.15) is 35.2 Å². The van der Waals surface area contributed by atoms with Gasteiger partial charge in [0, 0.05) is 19.3 Å². The second-order valence-electron chi connectivity index (χ2n) is 8.25. The molecule has 0 spiro atoms. The molecule has 0 unspecified atom stereocenters. The van der Waals surface area contributed by atoms with E-state index in [1.54, 1.807) is 0 Å². The number of ether oxygens (including phenoxy) is 1. The molecule has 198 valence electrons. The van der Waals surface area contributed by atoms with E-state index >= 15 is 0 Å². The molecular formula is C22H21F7N2O4S. The summed E-state index contributed by atoms with van der Waals surface area (Å²) in [6.45, 7) is -1.73. The van der Waals surface area contributed by atoms with Crippen LogP contribution in [0.5, 0.6) is 5.88 Å². The molecule has 1 aromatic carbocycles. The Labute approximate surface area is 202 Å². The first-order chi connectivity index (χ1) is 16.7. The summed E-state index contributed by atoms with van der Waals surface area (Å²) in [5, 5.41) is 0. The zero-order valence-corrected chi connectivity index (χ0v) is 19.4. The van der Waals surface area contributed by atoms with Crippen LogP contribution in [-0.4, -0.2) is 55.8 Å². The molecule has 1 aliphatic rings. The van der Waals surface area contributed by atoms with Crippen molar-refractivity contribution in [3.05, 3.63) is 53.5 Å². The maximum atomic E-state index is 13.8. The molecule has 2 heterocycles. The lowest BCUT2D eigenvalue weighted by molar-refractivity contribution is -0.159. The zero-order chi connectivity index (χ0) is 26.7. The van der Waals surface area contributed by atoms with Crippen molar-refractivity contribution in [3.8, 4) is 5.88 Å². The smallest absolute Gasteiger partial charge is 0.422 e. The quantitative estimate of drug-likeness (QED) is 0.466. The van der Waals surface area contributed by atoms with E-state index in [2.05, 4.69) is 9.72 Å². The van der Waals surface area contributed by atoms with Crippen LogP contribution >= 0.6 is 0 Å². The Bertz CT molecular complexity index is 1190. The monoisotopic (exact) mass is 542 g/mol. The number of carbonyl (C=O) groups excluding carboxylic acids is 1. The van der Waals surface area contributed by atoms with Gasteiger partial charge in [0.2, 0.25) is 5.88 Å². The van der Waals surface area contributed by atoms with Gasteiger partial charge in [-0.1, -0.05) is 12.1 Å². The molecule has 1 fully saturated rings. The van der Waals surface area contributed by atoms with Gasteiger partial charge in [-0.2, -0.15) is 26.3 Å². The molecule has 1 aliphatic heterocycles. The number of halogens is 7. The molecule has 0 atom stereocenters. The molecule has 0 saturated carbocycles. The first-order valence-corrected chi connectivity index (χ1v) is 12.4. The topological polar surface area (TPSA) is 76.6 Å². The predicted molar refractivity (Wildman–Crippen MR) is 112 cm³/mol. The largest absolute Gasteiger partial charge is 0.468 e. The molecule has 0 N–H and O–H groups in total. The Kier molecular flexibility index (Phi) is 8.16. The average Bonchev–Trinajstić information content (AvgIpc) is 2.80. The van der Waals surface area contributed by atoms with Crippen molar-refractivity contribution < 1.29 is 48.7 Å². The Morgan fingerprint density at radius 1 is 1.08 bits per heavy atom. The number of likely N-dealkylation sites (tertiary alicyclic amines) is 1. The number of nitrogens with zero attached hydrogens (tertiary/aromatic N) is 2. The molecule has 1 amide bonds. The second kappa shape index (κ2) is 10.6. The van der Waals surface area contributed by atoms with Crippen molar-refractivity contribution in [1.29, 1.82) is 0 Å². The second-order valence-corrected chi connectivity index (χ2v) is 10.3. The van der Waals surface area contributed by atoms with Crippen LogP contribution in [0, 0.1) is 11.7 Å². The number of sulfone groups is 1. The van der Waals surface area contributed by atoms with Gasteiger partial charge in [-0.3, -0.25) is 4.79 Å². The molecule has 0 aliphatic carbocycles. The fourth-order valence-corrected chi connectivity index (χ4v) is 5.29. The SMILES string of the molecule is O=C(c1cnc(OCC(F)(F)F)c(C(F)(F)F)c1)N1CCC(CCS(=O)(=O)c2ccccc2F)CC1. The zero-order valence-electron chi connectivity index (χ0n) is 18.6. The van der Waals surface area contributed by atoms with Crippen molar-refractivity contribution in [2.24, 2.45) is 5.92 Å². The number of hydrogen-bond donors (Lipinski definition) is 0. The van der Waals surface area contributed by atoms with Crippen LogP contribution < -0.4 is 4.74 Å². The summed E-state index contributed by atoms with van der Waals surface area (Å²) in [6.07, 6.45) is -8.32. The third kappa shape index (κ3) is 7.08. The fraction of sp³-hybridized carbons (Fsp3) is 0.455. The van der Waals surface area contributed by atoms with Gasteiger partial charge >= 0.3 is 12.4 Å². The van der Waals surface area contributed by atoms with E-state index < -0.39 is 62.4 Å². The number of pyridine rings is 1. The number of piperidine rings is 1. The molecular weight excluding hydrogens is 521 g/mol. The summed E-state index contributed by atoms with van der Waals surface area (Å²) in [5.74, 6) is -3.35. The van der Waals surface area contributed by atoms with Crippen LogP contribution in [0.4, 0.5) is 30.7 Å². The average molecular weight is 542 g/mol. The molecule has 36 heavy (non-hydrogen) atoms. The van der Waals surface area contributed by atoms with Crippen LogP contribution in [-0.2, 0) is 16.0 Å². The molecule has 0 radical (unpaired) electrons. The lowest BCUT2D eigenvalue weighted by atomic mass is 9.94. The number of carbonyl (C=O) groups is 1. The third-order valence-corrected chi connectivity index (χ3v) is 7.42. The summed E-state index contributed by atoms with van der Waals surface area (Å²) in [4.78, 5) is 16.9. The summed E-state index contributed by atoms with van der Waals surface area (Å²) in [6, 6.07) is 5.40. The van der Waals surface area contributed by atoms with Crippen molar-refractivity contribution in [3.63, 3.8) is 0 Å². The fourth-order valence-electron chi connectivity index (χ4n) is 3.77. The highest BCUT2D eigenvalue weighted by Crippen LogP contribution is 2.36. The van der Waals surface area contributed by atoms with E-state index in [9.17, 15) is 43.9 Å². The lowest BCUT2D eigenvalue weighted by Gasteiger charge is -2.32.